The molecule has 4 nitrogen and oxygen atoms in total. The molecule has 0 saturated carbocycles. The fourth-order valence-electron chi connectivity index (χ4n) is 2.65. The number of anilines is 1. The first-order chi connectivity index (χ1) is 9.15. The van der Waals surface area contributed by atoms with Gasteiger partial charge in [0.2, 0.25) is 5.91 Å². The lowest BCUT2D eigenvalue weighted by Crippen LogP contribution is -2.33. The summed E-state index contributed by atoms with van der Waals surface area (Å²) in [5, 5.41) is 4.42. The third kappa shape index (κ3) is 2.14. The number of hydrogen-bond acceptors (Lipinski definition) is 2. The van der Waals surface area contributed by atoms with Crippen molar-refractivity contribution >= 4 is 11.6 Å². The molecule has 2 aromatic rings. The van der Waals surface area contributed by atoms with Crippen LogP contribution in [0.4, 0.5) is 5.69 Å². The highest BCUT2D eigenvalue weighted by Crippen LogP contribution is 2.31. The zero-order valence-corrected chi connectivity index (χ0v) is 11.3. The predicted molar refractivity (Wildman–Crippen MR) is 75.0 cm³/mol. The Kier molecular flexibility index (Phi) is 2.85. The summed E-state index contributed by atoms with van der Waals surface area (Å²) in [5.74, 6) is 0.117. The molecule has 0 spiro atoms. The van der Waals surface area contributed by atoms with E-state index in [1.165, 1.54) is 5.56 Å². The first-order valence-electron chi connectivity index (χ1n) is 6.56. The number of carbonyl (C=O) groups excluding carboxylic acids is 1. The molecule has 0 fully saturated rings. The topological polar surface area (TPSA) is 38.1 Å². The van der Waals surface area contributed by atoms with Gasteiger partial charge in [-0.05, 0) is 36.6 Å². The minimum absolute atomic E-state index is 0.117. The van der Waals surface area contributed by atoms with E-state index >= 15 is 0 Å². The zero-order chi connectivity index (χ0) is 13.4. The first kappa shape index (κ1) is 12.0. The summed E-state index contributed by atoms with van der Waals surface area (Å²) in [6, 6.07) is 8.25. The minimum atomic E-state index is 0.117. The molecule has 1 aromatic carbocycles. The maximum Gasteiger partial charge on any atom is 0.223 e. The van der Waals surface area contributed by atoms with E-state index in [9.17, 15) is 4.79 Å². The Morgan fingerprint density at radius 1 is 1.32 bits per heavy atom. The van der Waals surface area contributed by atoms with Gasteiger partial charge in [-0.25, -0.2) is 0 Å². The lowest BCUT2D eigenvalue weighted by atomic mass is 9.98. The van der Waals surface area contributed by atoms with Crippen molar-refractivity contribution in [3.05, 3.63) is 36.0 Å². The summed E-state index contributed by atoms with van der Waals surface area (Å²) in [6.07, 6.45) is 3.99. The lowest BCUT2D eigenvalue weighted by Gasteiger charge is -2.28. The lowest BCUT2D eigenvalue weighted by molar-refractivity contribution is -0.116. The van der Waals surface area contributed by atoms with Gasteiger partial charge in [-0.3, -0.25) is 9.48 Å². The highest BCUT2D eigenvalue weighted by atomic mass is 16.2. The molecule has 1 aromatic heterocycles. The highest BCUT2D eigenvalue weighted by Gasteiger charge is 2.20. The van der Waals surface area contributed by atoms with Crippen molar-refractivity contribution in [3.8, 4) is 11.3 Å². The van der Waals surface area contributed by atoms with E-state index in [1.807, 2.05) is 36.3 Å². The summed E-state index contributed by atoms with van der Waals surface area (Å²) < 4.78 is 1.80. The second kappa shape index (κ2) is 4.53. The van der Waals surface area contributed by atoms with Gasteiger partial charge in [-0.15, -0.1) is 0 Å². The van der Waals surface area contributed by atoms with Crippen molar-refractivity contribution in [2.75, 3.05) is 11.4 Å². The van der Waals surface area contributed by atoms with Crippen LogP contribution in [0, 0.1) is 0 Å². The fraction of sp³-hybridized carbons (Fsp3) is 0.333. The largest absolute Gasteiger partial charge is 0.312 e. The number of carbonyl (C=O) groups is 1. The molecular weight excluding hydrogens is 238 g/mol. The Bertz CT molecular complexity index is 630. The van der Waals surface area contributed by atoms with E-state index in [0.717, 1.165) is 36.3 Å². The Morgan fingerprint density at radius 3 is 2.84 bits per heavy atom. The van der Waals surface area contributed by atoms with Crippen LogP contribution in [0.25, 0.3) is 11.3 Å². The number of nitrogens with zero attached hydrogens (tertiary/aromatic N) is 3. The molecule has 0 saturated heterocycles. The van der Waals surface area contributed by atoms with Crippen LogP contribution in [-0.2, 0) is 18.3 Å². The molecule has 4 heteroatoms. The van der Waals surface area contributed by atoms with E-state index in [4.69, 9.17) is 0 Å². The second-order valence-electron chi connectivity index (χ2n) is 4.99. The number of fused-ring (bicyclic) bond motifs is 1. The molecule has 0 N–H and O–H groups in total. The SMILES string of the molecule is CC(=O)N1CCCc2cc(-c3ccn(C)n3)ccc21. The van der Waals surface area contributed by atoms with Gasteiger partial charge in [-0.1, -0.05) is 6.07 Å². The van der Waals surface area contributed by atoms with Crippen LogP contribution in [0.3, 0.4) is 0 Å². The third-order valence-corrected chi connectivity index (χ3v) is 3.59. The van der Waals surface area contributed by atoms with Crippen molar-refractivity contribution in [2.24, 2.45) is 7.05 Å². The van der Waals surface area contributed by atoms with Gasteiger partial charge in [0.25, 0.3) is 0 Å². The summed E-state index contributed by atoms with van der Waals surface area (Å²) in [5.41, 5.74) is 4.39. The molecule has 3 rings (SSSR count). The van der Waals surface area contributed by atoms with Crippen LogP contribution in [0.15, 0.2) is 30.5 Å². The summed E-state index contributed by atoms with van der Waals surface area (Å²) in [7, 11) is 1.92. The average Bonchev–Trinajstić information content (AvgIpc) is 2.84. The van der Waals surface area contributed by atoms with Crippen molar-refractivity contribution in [1.29, 1.82) is 0 Å². The highest BCUT2D eigenvalue weighted by molar-refractivity contribution is 5.93. The fourth-order valence-corrected chi connectivity index (χ4v) is 2.65. The average molecular weight is 255 g/mol. The van der Waals surface area contributed by atoms with E-state index < -0.39 is 0 Å². The molecular formula is C15H17N3O. The molecule has 1 amide bonds. The molecule has 2 heterocycles. The number of aryl methyl sites for hydroxylation is 2. The van der Waals surface area contributed by atoms with Crippen LogP contribution in [0.5, 0.6) is 0 Å². The summed E-state index contributed by atoms with van der Waals surface area (Å²) >= 11 is 0. The third-order valence-electron chi connectivity index (χ3n) is 3.59. The normalized spacial score (nSPS) is 14.3. The van der Waals surface area contributed by atoms with Gasteiger partial charge < -0.3 is 4.90 Å². The first-order valence-corrected chi connectivity index (χ1v) is 6.56. The molecule has 19 heavy (non-hydrogen) atoms. The molecule has 98 valence electrons. The second-order valence-corrected chi connectivity index (χ2v) is 4.99. The van der Waals surface area contributed by atoms with Crippen LogP contribution in [0.1, 0.15) is 18.9 Å². The quantitative estimate of drug-likeness (QED) is 0.784. The standard InChI is InChI=1S/C15H17N3O/c1-11(19)18-8-3-4-13-10-12(5-6-15(13)18)14-7-9-17(2)16-14/h5-7,9-10H,3-4,8H2,1-2H3. The van der Waals surface area contributed by atoms with Gasteiger partial charge in [0, 0.05) is 38.0 Å². The maximum atomic E-state index is 11.6. The Morgan fingerprint density at radius 2 is 2.16 bits per heavy atom. The van der Waals surface area contributed by atoms with Crippen LogP contribution < -0.4 is 4.90 Å². The molecule has 0 radical (unpaired) electrons. The number of amides is 1. The van der Waals surface area contributed by atoms with E-state index in [2.05, 4.69) is 11.2 Å². The Hall–Kier alpha value is -2.10. The van der Waals surface area contributed by atoms with E-state index in [0.29, 0.717) is 0 Å². The molecule has 0 unspecified atom stereocenters. The Labute approximate surface area is 112 Å². The van der Waals surface area contributed by atoms with Crippen molar-refractivity contribution in [1.82, 2.24) is 9.78 Å². The van der Waals surface area contributed by atoms with Gasteiger partial charge >= 0.3 is 0 Å². The maximum absolute atomic E-state index is 11.6. The zero-order valence-electron chi connectivity index (χ0n) is 11.3. The van der Waals surface area contributed by atoms with Crippen molar-refractivity contribution in [3.63, 3.8) is 0 Å². The van der Waals surface area contributed by atoms with Crippen LogP contribution in [0.2, 0.25) is 0 Å². The van der Waals surface area contributed by atoms with Crippen LogP contribution in [-0.4, -0.2) is 22.2 Å². The monoisotopic (exact) mass is 255 g/mol. The molecule has 0 atom stereocenters. The number of benzene rings is 1. The number of hydrogen-bond donors (Lipinski definition) is 0. The van der Waals surface area contributed by atoms with E-state index in [1.54, 1.807) is 11.6 Å². The van der Waals surface area contributed by atoms with Crippen molar-refractivity contribution in [2.45, 2.75) is 19.8 Å². The molecule has 0 aliphatic carbocycles. The van der Waals surface area contributed by atoms with Crippen LogP contribution >= 0.6 is 0 Å². The van der Waals surface area contributed by atoms with E-state index in [-0.39, 0.29) is 5.91 Å². The predicted octanol–water partition coefficient (Wildman–Crippen LogP) is 2.39. The molecule has 0 bridgehead atoms. The van der Waals surface area contributed by atoms with Crippen molar-refractivity contribution < 1.29 is 4.79 Å². The Balaban J connectivity index is 2.02. The smallest absolute Gasteiger partial charge is 0.223 e. The number of rotatable bonds is 1. The minimum Gasteiger partial charge on any atom is -0.312 e. The number of aromatic nitrogens is 2. The summed E-state index contributed by atoms with van der Waals surface area (Å²) in [4.78, 5) is 13.5. The van der Waals surface area contributed by atoms with Gasteiger partial charge in [-0.2, -0.15) is 5.10 Å². The summed E-state index contributed by atoms with van der Waals surface area (Å²) in [6.45, 7) is 2.45. The van der Waals surface area contributed by atoms with Gasteiger partial charge in [0.05, 0.1) is 5.69 Å². The molecule has 1 aliphatic heterocycles. The molecule has 1 aliphatic rings. The van der Waals surface area contributed by atoms with Gasteiger partial charge in [0.1, 0.15) is 0 Å². The van der Waals surface area contributed by atoms with Gasteiger partial charge in [0.15, 0.2) is 0 Å².